The van der Waals surface area contributed by atoms with Gasteiger partial charge in [-0.1, -0.05) is 11.6 Å². The fourth-order valence-corrected chi connectivity index (χ4v) is 6.90. The van der Waals surface area contributed by atoms with Crippen LogP contribution in [-0.4, -0.2) is 81.4 Å². The van der Waals surface area contributed by atoms with Crippen molar-refractivity contribution in [2.24, 2.45) is 5.41 Å². The summed E-state index contributed by atoms with van der Waals surface area (Å²) in [7, 11) is -1.84. The molecule has 2 saturated heterocycles. The van der Waals surface area contributed by atoms with Crippen molar-refractivity contribution in [2.45, 2.75) is 31.1 Å². The lowest BCUT2D eigenvalue weighted by Gasteiger charge is -2.43. The smallest absolute Gasteiger partial charge is 0.243 e. The minimum Gasteiger partial charge on any atom is -0.493 e. The molecular weight excluding hydrogens is 505 g/mol. The number of carbonyl (C=O) groups excluding carboxylic acids is 1. The summed E-state index contributed by atoms with van der Waals surface area (Å²) in [6, 6.07) is 10.7. The lowest BCUT2D eigenvalue weighted by Crippen LogP contribution is -2.53. The molecule has 0 saturated carbocycles. The van der Waals surface area contributed by atoms with Gasteiger partial charge in [-0.2, -0.15) is 4.31 Å². The van der Waals surface area contributed by atoms with Crippen LogP contribution in [0.2, 0.25) is 5.02 Å². The average molecular weight is 538 g/mol. The van der Waals surface area contributed by atoms with E-state index in [0.717, 1.165) is 19.2 Å². The first-order valence-corrected chi connectivity index (χ1v) is 14.0. The highest BCUT2D eigenvalue weighted by Gasteiger charge is 2.43. The number of likely N-dealkylation sites (N-methyl/N-ethyl adjacent to an activating group) is 1. The minimum absolute atomic E-state index is 0.0139. The summed E-state index contributed by atoms with van der Waals surface area (Å²) in [4.78, 5) is 17.5. The van der Waals surface area contributed by atoms with Gasteiger partial charge in [0.1, 0.15) is 11.6 Å². The summed E-state index contributed by atoms with van der Waals surface area (Å²) < 4.78 is 48.4. The predicted molar refractivity (Wildman–Crippen MR) is 137 cm³/mol. The fourth-order valence-electron chi connectivity index (χ4n) is 4.98. The number of halogens is 2. The minimum atomic E-state index is -3.87. The Morgan fingerprint density at radius 2 is 1.78 bits per heavy atom. The lowest BCUT2D eigenvalue weighted by atomic mass is 9.78. The van der Waals surface area contributed by atoms with E-state index in [1.165, 1.54) is 16.4 Å². The molecule has 2 heterocycles. The van der Waals surface area contributed by atoms with Gasteiger partial charge in [-0.25, -0.2) is 12.8 Å². The summed E-state index contributed by atoms with van der Waals surface area (Å²) in [6.45, 7) is 5.20. The standard InChI is InChI=1S/C26H33ClFN3O4S/c1-20-16-22(28)6-9-24(20)36(33,34)31-11-3-10-26(18-31,19-35-23-7-4-21(27)5-8-23)17-25(32)30-14-12-29(2)13-15-30/h4-9,16H,3,10-15,17-19H2,1-2H3/t26-/m1/s1. The topological polar surface area (TPSA) is 70.2 Å². The molecule has 0 aliphatic carbocycles. The largest absolute Gasteiger partial charge is 0.493 e. The number of hydrogen-bond acceptors (Lipinski definition) is 5. The van der Waals surface area contributed by atoms with Crippen LogP contribution in [0.1, 0.15) is 24.8 Å². The van der Waals surface area contributed by atoms with E-state index in [0.29, 0.717) is 48.8 Å². The second-order valence-corrected chi connectivity index (χ2v) is 12.3. The van der Waals surface area contributed by atoms with Crippen LogP contribution < -0.4 is 4.74 Å². The molecule has 0 spiro atoms. The van der Waals surface area contributed by atoms with Crippen molar-refractivity contribution in [1.82, 2.24) is 14.1 Å². The van der Waals surface area contributed by atoms with Crippen LogP contribution in [0.15, 0.2) is 47.4 Å². The van der Waals surface area contributed by atoms with Crippen molar-refractivity contribution in [3.05, 3.63) is 58.9 Å². The molecule has 196 valence electrons. The number of ether oxygens (including phenoxy) is 1. The third-order valence-electron chi connectivity index (χ3n) is 7.12. The number of rotatable bonds is 7. The van der Waals surface area contributed by atoms with E-state index >= 15 is 0 Å². The highest BCUT2D eigenvalue weighted by atomic mass is 35.5. The second kappa shape index (κ2) is 11.0. The number of hydrogen-bond donors (Lipinski definition) is 0. The van der Waals surface area contributed by atoms with Gasteiger partial charge in [-0.15, -0.1) is 0 Å². The third kappa shape index (κ3) is 6.19. The van der Waals surface area contributed by atoms with Gasteiger partial charge >= 0.3 is 0 Å². The zero-order chi connectivity index (χ0) is 25.9. The normalized spacial score (nSPS) is 21.9. The molecule has 2 aliphatic heterocycles. The van der Waals surface area contributed by atoms with Crippen molar-refractivity contribution < 1.29 is 22.3 Å². The Bertz CT molecular complexity index is 1190. The first kappa shape index (κ1) is 26.9. The van der Waals surface area contributed by atoms with Crippen LogP contribution in [0.5, 0.6) is 5.75 Å². The van der Waals surface area contributed by atoms with Gasteiger partial charge in [0.2, 0.25) is 15.9 Å². The van der Waals surface area contributed by atoms with Gasteiger partial charge in [-0.05, 0) is 74.8 Å². The SMILES string of the molecule is Cc1cc(F)ccc1S(=O)(=O)N1CCC[C@@](COc2ccc(Cl)cc2)(CC(=O)N2CCN(C)CC2)C1. The summed E-state index contributed by atoms with van der Waals surface area (Å²) in [5.74, 6) is 0.147. The van der Waals surface area contributed by atoms with Crippen LogP contribution in [0.3, 0.4) is 0 Å². The summed E-state index contributed by atoms with van der Waals surface area (Å²) in [5, 5.41) is 0.590. The predicted octanol–water partition coefficient (Wildman–Crippen LogP) is 3.80. The molecule has 2 aliphatic rings. The van der Waals surface area contributed by atoms with Crippen molar-refractivity contribution in [1.29, 1.82) is 0 Å². The van der Waals surface area contributed by atoms with Crippen LogP contribution in [0.4, 0.5) is 4.39 Å². The first-order chi connectivity index (χ1) is 17.1. The Hall–Kier alpha value is -2.20. The van der Waals surface area contributed by atoms with Gasteiger partial charge in [0.25, 0.3) is 0 Å². The van der Waals surface area contributed by atoms with E-state index in [9.17, 15) is 17.6 Å². The van der Waals surface area contributed by atoms with Crippen molar-refractivity contribution in [2.75, 3.05) is 52.9 Å². The monoisotopic (exact) mass is 537 g/mol. The number of carbonyl (C=O) groups is 1. The molecule has 0 unspecified atom stereocenters. The molecule has 1 amide bonds. The van der Waals surface area contributed by atoms with Gasteiger partial charge in [0.05, 0.1) is 11.5 Å². The Kier molecular flexibility index (Phi) is 8.24. The van der Waals surface area contributed by atoms with E-state index < -0.39 is 21.3 Å². The van der Waals surface area contributed by atoms with Crippen LogP contribution in [0.25, 0.3) is 0 Å². The number of sulfonamides is 1. The van der Waals surface area contributed by atoms with Gasteiger partial charge in [0, 0.05) is 56.1 Å². The molecule has 36 heavy (non-hydrogen) atoms. The third-order valence-corrected chi connectivity index (χ3v) is 9.38. The average Bonchev–Trinajstić information content (AvgIpc) is 2.84. The van der Waals surface area contributed by atoms with Crippen LogP contribution in [-0.2, 0) is 14.8 Å². The van der Waals surface area contributed by atoms with Crippen molar-refractivity contribution >= 4 is 27.5 Å². The molecule has 0 N–H and O–H groups in total. The number of piperazine rings is 1. The Balaban J connectivity index is 1.58. The van der Waals surface area contributed by atoms with Crippen molar-refractivity contribution in [3.8, 4) is 5.75 Å². The molecule has 2 aromatic carbocycles. The van der Waals surface area contributed by atoms with Gasteiger partial charge in [0.15, 0.2) is 0 Å². The maximum atomic E-state index is 13.7. The quantitative estimate of drug-likeness (QED) is 0.537. The maximum absolute atomic E-state index is 13.7. The van der Waals surface area contributed by atoms with Crippen molar-refractivity contribution in [3.63, 3.8) is 0 Å². The fraction of sp³-hybridized carbons (Fsp3) is 0.500. The second-order valence-electron chi connectivity index (χ2n) is 9.96. The van der Waals surface area contributed by atoms with E-state index in [2.05, 4.69) is 4.90 Å². The zero-order valence-electron chi connectivity index (χ0n) is 20.8. The molecular formula is C26H33ClFN3O4S. The van der Waals surface area contributed by atoms with Gasteiger partial charge < -0.3 is 14.5 Å². The molecule has 7 nitrogen and oxygen atoms in total. The number of benzene rings is 2. The number of nitrogens with zero attached hydrogens (tertiary/aromatic N) is 3. The van der Waals surface area contributed by atoms with Crippen LogP contribution in [0, 0.1) is 18.2 Å². The maximum Gasteiger partial charge on any atom is 0.243 e. The highest BCUT2D eigenvalue weighted by Crippen LogP contribution is 2.38. The summed E-state index contributed by atoms with van der Waals surface area (Å²) in [6.07, 6.45) is 1.45. The molecule has 0 bridgehead atoms. The van der Waals surface area contributed by atoms with E-state index in [1.54, 1.807) is 31.2 Å². The molecule has 4 rings (SSSR count). The molecule has 10 heteroatoms. The number of aryl methyl sites for hydroxylation is 1. The molecule has 0 aromatic heterocycles. The van der Waals surface area contributed by atoms with Gasteiger partial charge in [-0.3, -0.25) is 4.79 Å². The number of amides is 1. The summed E-state index contributed by atoms with van der Waals surface area (Å²) >= 11 is 6.00. The number of piperidine rings is 1. The molecule has 1 atom stereocenters. The molecule has 2 aromatic rings. The Labute approximate surface area is 217 Å². The Morgan fingerprint density at radius 1 is 1.08 bits per heavy atom. The molecule has 0 radical (unpaired) electrons. The molecule has 2 fully saturated rings. The Morgan fingerprint density at radius 3 is 2.44 bits per heavy atom. The lowest BCUT2D eigenvalue weighted by molar-refractivity contribution is -0.136. The van der Waals surface area contributed by atoms with E-state index in [4.69, 9.17) is 16.3 Å². The highest BCUT2D eigenvalue weighted by molar-refractivity contribution is 7.89. The summed E-state index contributed by atoms with van der Waals surface area (Å²) in [5.41, 5.74) is -0.337. The zero-order valence-corrected chi connectivity index (χ0v) is 22.3. The van der Waals surface area contributed by atoms with E-state index in [-0.39, 0.29) is 30.4 Å². The van der Waals surface area contributed by atoms with Crippen LogP contribution >= 0.6 is 11.6 Å². The first-order valence-electron chi connectivity index (χ1n) is 12.2. The van der Waals surface area contributed by atoms with E-state index in [1.807, 2.05) is 11.9 Å².